The summed E-state index contributed by atoms with van der Waals surface area (Å²) in [6, 6.07) is 2.09. The molecule has 0 N–H and O–H groups in total. The second-order valence-electron chi connectivity index (χ2n) is 1.92. The standard InChI is InChI=1S/C7H7F2N/c1-2-6-5(8)3-4-7(9)10-6/h3-4H,2H2,1H3. The van der Waals surface area contributed by atoms with Gasteiger partial charge in [0, 0.05) is 0 Å². The van der Waals surface area contributed by atoms with Crippen LogP contribution in [-0.4, -0.2) is 4.98 Å². The quantitative estimate of drug-likeness (QED) is 0.547. The van der Waals surface area contributed by atoms with Crippen molar-refractivity contribution in [3.8, 4) is 0 Å². The van der Waals surface area contributed by atoms with Gasteiger partial charge in [-0.1, -0.05) is 6.92 Å². The van der Waals surface area contributed by atoms with Crippen molar-refractivity contribution in [3.05, 3.63) is 29.6 Å². The van der Waals surface area contributed by atoms with Crippen LogP contribution in [0.4, 0.5) is 8.78 Å². The van der Waals surface area contributed by atoms with E-state index >= 15 is 0 Å². The van der Waals surface area contributed by atoms with E-state index in [2.05, 4.69) is 4.98 Å². The summed E-state index contributed by atoms with van der Waals surface area (Å²) in [6.45, 7) is 1.73. The molecule has 3 heteroatoms. The van der Waals surface area contributed by atoms with Gasteiger partial charge in [-0.25, -0.2) is 9.37 Å². The fourth-order valence-corrected chi connectivity index (χ4v) is 0.706. The Morgan fingerprint density at radius 1 is 1.40 bits per heavy atom. The monoisotopic (exact) mass is 143 g/mol. The molecule has 0 aliphatic rings. The van der Waals surface area contributed by atoms with Crippen LogP contribution in [0, 0.1) is 11.8 Å². The molecule has 0 saturated carbocycles. The smallest absolute Gasteiger partial charge is 0.213 e. The molecule has 0 atom stereocenters. The largest absolute Gasteiger partial charge is 0.222 e. The van der Waals surface area contributed by atoms with Crippen LogP contribution < -0.4 is 0 Å². The summed E-state index contributed by atoms with van der Waals surface area (Å²) in [5, 5.41) is 0. The van der Waals surface area contributed by atoms with Crippen molar-refractivity contribution in [1.82, 2.24) is 4.98 Å². The van der Waals surface area contributed by atoms with Crippen LogP contribution in [0.5, 0.6) is 0 Å². The van der Waals surface area contributed by atoms with Crippen molar-refractivity contribution in [2.45, 2.75) is 13.3 Å². The maximum absolute atomic E-state index is 12.5. The lowest BCUT2D eigenvalue weighted by Gasteiger charge is -1.95. The van der Waals surface area contributed by atoms with E-state index in [1.165, 1.54) is 0 Å². The Bertz CT molecular complexity index is 235. The van der Waals surface area contributed by atoms with Crippen molar-refractivity contribution in [2.24, 2.45) is 0 Å². The lowest BCUT2D eigenvalue weighted by atomic mass is 10.3. The summed E-state index contributed by atoms with van der Waals surface area (Å²) >= 11 is 0. The van der Waals surface area contributed by atoms with Crippen LogP contribution in [0.15, 0.2) is 12.1 Å². The average Bonchev–Trinajstić information content (AvgIpc) is 1.94. The Kier molecular flexibility index (Phi) is 1.94. The molecule has 0 radical (unpaired) electrons. The minimum atomic E-state index is -0.627. The topological polar surface area (TPSA) is 12.9 Å². The second-order valence-corrected chi connectivity index (χ2v) is 1.92. The molecular weight excluding hydrogens is 136 g/mol. The molecule has 0 fully saturated rings. The van der Waals surface area contributed by atoms with Crippen molar-refractivity contribution in [1.29, 1.82) is 0 Å². The Balaban J connectivity index is 3.09. The highest BCUT2D eigenvalue weighted by Gasteiger charge is 2.01. The van der Waals surface area contributed by atoms with Gasteiger partial charge in [-0.2, -0.15) is 4.39 Å². The van der Waals surface area contributed by atoms with Crippen LogP contribution >= 0.6 is 0 Å². The van der Waals surface area contributed by atoms with Crippen LogP contribution in [0.1, 0.15) is 12.6 Å². The van der Waals surface area contributed by atoms with E-state index in [0.717, 1.165) is 12.1 Å². The third-order valence-corrected chi connectivity index (χ3v) is 1.22. The number of pyridine rings is 1. The van der Waals surface area contributed by atoms with Crippen LogP contribution in [0.2, 0.25) is 0 Å². The van der Waals surface area contributed by atoms with Crippen LogP contribution in [0.25, 0.3) is 0 Å². The molecule has 1 heterocycles. The van der Waals surface area contributed by atoms with E-state index in [0.29, 0.717) is 6.42 Å². The van der Waals surface area contributed by atoms with Crippen molar-refractivity contribution in [2.75, 3.05) is 0 Å². The fourth-order valence-electron chi connectivity index (χ4n) is 0.706. The molecule has 0 unspecified atom stereocenters. The van der Waals surface area contributed by atoms with Gasteiger partial charge in [0.15, 0.2) is 0 Å². The molecule has 1 nitrogen and oxygen atoms in total. The molecule has 0 saturated heterocycles. The highest BCUT2D eigenvalue weighted by molar-refractivity contribution is 5.07. The van der Waals surface area contributed by atoms with Crippen LogP contribution in [0.3, 0.4) is 0 Å². The predicted octanol–water partition coefficient (Wildman–Crippen LogP) is 1.92. The van der Waals surface area contributed by atoms with Gasteiger partial charge in [0.25, 0.3) is 0 Å². The first-order valence-electron chi connectivity index (χ1n) is 3.05. The van der Waals surface area contributed by atoms with E-state index in [9.17, 15) is 8.78 Å². The molecule has 0 spiro atoms. The van der Waals surface area contributed by atoms with Gasteiger partial charge in [-0.3, -0.25) is 0 Å². The SMILES string of the molecule is CCc1nc(F)ccc1F. The number of halogens is 2. The van der Waals surface area contributed by atoms with Crippen molar-refractivity contribution < 1.29 is 8.78 Å². The van der Waals surface area contributed by atoms with E-state index in [1.54, 1.807) is 6.92 Å². The number of hydrogen-bond donors (Lipinski definition) is 0. The van der Waals surface area contributed by atoms with Crippen molar-refractivity contribution >= 4 is 0 Å². The Labute approximate surface area is 57.7 Å². The minimum Gasteiger partial charge on any atom is -0.222 e. The van der Waals surface area contributed by atoms with E-state index in [4.69, 9.17) is 0 Å². The van der Waals surface area contributed by atoms with E-state index in [-0.39, 0.29) is 5.69 Å². The molecule has 1 rings (SSSR count). The second kappa shape index (κ2) is 2.73. The van der Waals surface area contributed by atoms with Gasteiger partial charge in [-0.05, 0) is 18.6 Å². The fraction of sp³-hybridized carbons (Fsp3) is 0.286. The zero-order chi connectivity index (χ0) is 7.56. The Hall–Kier alpha value is -0.990. The normalized spacial score (nSPS) is 9.90. The van der Waals surface area contributed by atoms with Gasteiger partial charge in [-0.15, -0.1) is 0 Å². The summed E-state index contributed by atoms with van der Waals surface area (Å²) in [6.07, 6.45) is 0.420. The molecule has 0 aliphatic heterocycles. The number of hydrogen-bond acceptors (Lipinski definition) is 1. The summed E-state index contributed by atoms with van der Waals surface area (Å²) in [4.78, 5) is 3.35. The third kappa shape index (κ3) is 1.29. The van der Waals surface area contributed by atoms with Gasteiger partial charge in [0.2, 0.25) is 5.95 Å². The van der Waals surface area contributed by atoms with Gasteiger partial charge in [0.1, 0.15) is 5.82 Å². The zero-order valence-electron chi connectivity index (χ0n) is 5.56. The number of nitrogens with zero attached hydrogens (tertiary/aromatic N) is 1. The summed E-state index contributed by atoms with van der Waals surface area (Å²) < 4.78 is 24.8. The lowest BCUT2D eigenvalue weighted by molar-refractivity contribution is 0.544. The van der Waals surface area contributed by atoms with Crippen LogP contribution in [-0.2, 0) is 6.42 Å². The highest BCUT2D eigenvalue weighted by Crippen LogP contribution is 2.04. The molecule has 0 aromatic carbocycles. The Morgan fingerprint density at radius 2 is 2.10 bits per heavy atom. The summed E-state index contributed by atoms with van der Waals surface area (Å²) in [5.41, 5.74) is 0.181. The number of rotatable bonds is 1. The zero-order valence-corrected chi connectivity index (χ0v) is 5.56. The molecule has 0 aliphatic carbocycles. The molecule has 1 aromatic heterocycles. The summed E-state index contributed by atoms with van der Waals surface area (Å²) in [5.74, 6) is -1.07. The molecular formula is C7H7F2N. The third-order valence-electron chi connectivity index (χ3n) is 1.22. The van der Waals surface area contributed by atoms with E-state index < -0.39 is 11.8 Å². The summed E-state index contributed by atoms with van der Waals surface area (Å²) in [7, 11) is 0. The van der Waals surface area contributed by atoms with Crippen molar-refractivity contribution in [3.63, 3.8) is 0 Å². The first-order chi connectivity index (χ1) is 4.74. The van der Waals surface area contributed by atoms with Gasteiger partial charge in [0.05, 0.1) is 5.69 Å². The predicted molar refractivity (Wildman–Crippen MR) is 33.5 cm³/mol. The highest BCUT2D eigenvalue weighted by atomic mass is 19.1. The van der Waals surface area contributed by atoms with Gasteiger partial charge < -0.3 is 0 Å². The molecule has 10 heavy (non-hydrogen) atoms. The minimum absolute atomic E-state index is 0.181. The molecule has 1 aromatic rings. The van der Waals surface area contributed by atoms with Gasteiger partial charge >= 0.3 is 0 Å². The van der Waals surface area contributed by atoms with E-state index in [1.807, 2.05) is 0 Å². The molecule has 54 valence electrons. The maximum atomic E-state index is 12.5. The Morgan fingerprint density at radius 3 is 2.60 bits per heavy atom. The first-order valence-corrected chi connectivity index (χ1v) is 3.05. The lowest BCUT2D eigenvalue weighted by Crippen LogP contribution is -1.94. The first kappa shape index (κ1) is 7.12. The maximum Gasteiger partial charge on any atom is 0.213 e. The number of aromatic nitrogens is 1. The molecule has 0 bridgehead atoms. The molecule has 0 amide bonds. The average molecular weight is 143 g/mol. The number of aryl methyl sites for hydroxylation is 1.